The predicted octanol–water partition coefficient (Wildman–Crippen LogP) is 5.61. The molecule has 0 saturated carbocycles. The third-order valence-corrected chi connectivity index (χ3v) is 9.40. The van der Waals surface area contributed by atoms with Gasteiger partial charge < -0.3 is 15.0 Å². The second-order valence-corrected chi connectivity index (χ2v) is 11.4. The molecule has 4 aromatic rings. The van der Waals surface area contributed by atoms with Gasteiger partial charge in [-0.15, -0.1) is 11.3 Å². The summed E-state index contributed by atoms with van der Waals surface area (Å²) in [5.41, 5.74) is 8.79. The highest BCUT2D eigenvalue weighted by Crippen LogP contribution is 2.49. The Labute approximate surface area is 198 Å². The molecule has 1 atom stereocenters. The topological polar surface area (TPSA) is 67.2 Å². The van der Waals surface area contributed by atoms with Crippen molar-refractivity contribution in [3.63, 3.8) is 0 Å². The molecule has 4 aromatic heterocycles. The Morgan fingerprint density at radius 1 is 1.15 bits per heavy atom. The molecule has 1 spiro atoms. The quantitative estimate of drug-likeness (QED) is 0.414. The maximum atomic E-state index is 6.45. The van der Waals surface area contributed by atoms with Gasteiger partial charge in [0, 0.05) is 27.9 Å². The van der Waals surface area contributed by atoms with Gasteiger partial charge >= 0.3 is 0 Å². The van der Waals surface area contributed by atoms with Gasteiger partial charge in [-0.2, -0.15) is 5.10 Å². The van der Waals surface area contributed by atoms with E-state index >= 15 is 0 Å². The number of rotatable bonds is 3. The number of piperidine rings is 1. The van der Waals surface area contributed by atoms with Crippen LogP contribution in [0.5, 0.6) is 0 Å². The lowest BCUT2D eigenvalue weighted by Gasteiger charge is -2.33. The molecule has 0 aromatic carbocycles. The molecule has 6 nitrogen and oxygen atoms in total. The van der Waals surface area contributed by atoms with Crippen molar-refractivity contribution < 1.29 is 4.74 Å². The summed E-state index contributed by atoms with van der Waals surface area (Å²) in [4.78, 5) is 11.1. The van der Waals surface area contributed by atoms with E-state index in [1.807, 2.05) is 15.9 Å². The zero-order chi connectivity index (χ0) is 22.9. The SMILES string of the molecule is Cc1c(-c2[nH]c3sc([C@@H]4COC5(CCNCC5)C4)c(C)c3c2C(C)C)cn2ncnc2c1C. The second-order valence-electron chi connectivity index (χ2n) is 10.3. The minimum atomic E-state index is 0.0912. The molecule has 2 aliphatic heterocycles. The van der Waals surface area contributed by atoms with Crippen LogP contribution in [0.4, 0.5) is 0 Å². The minimum absolute atomic E-state index is 0.0912. The number of hydrogen-bond acceptors (Lipinski definition) is 5. The molecule has 0 amide bonds. The standard InChI is InChI=1S/C26H33N5OS/c1-14(2)20-21-17(5)23(18-10-26(32-12-18)6-8-27-9-7-26)33-25(21)30-22(20)19-11-31-24(28-13-29-31)16(4)15(19)3/h11,13-14,18,27,30H,6-10,12H2,1-5H3/t18-/m0/s1. The van der Waals surface area contributed by atoms with Crippen molar-refractivity contribution in [3.05, 3.63) is 39.7 Å². The van der Waals surface area contributed by atoms with Crippen LogP contribution in [0.25, 0.3) is 27.1 Å². The van der Waals surface area contributed by atoms with E-state index in [4.69, 9.17) is 4.74 Å². The monoisotopic (exact) mass is 463 g/mol. The Balaban J connectivity index is 1.46. The second kappa shape index (κ2) is 7.65. The molecule has 0 unspecified atom stereocenters. The van der Waals surface area contributed by atoms with Gasteiger partial charge in [-0.1, -0.05) is 13.8 Å². The summed E-state index contributed by atoms with van der Waals surface area (Å²) in [6, 6.07) is 0. The van der Waals surface area contributed by atoms with Gasteiger partial charge in [-0.3, -0.25) is 0 Å². The summed E-state index contributed by atoms with van der Waals surface area (Å²) in [7, 11) is 0. The Morgan fingerprint density at radius 3 is 2.70 bits per heavy atom. The highest BCUT2D eigenvalue weighted by Gasteiger charge is 2.42. The van der Waals surface area contributed by atoms with E-state index in [1.165, 1.54) is 48.6 Å². The number of H-pyrrole nitrogens is 1. The van der Waals surface area contributed by atoms with Crippen LogP contribution in [0, 0.1) is 20.8 Å². The zero-order valence-electron chi connectivity index (χ0n) is 20.2. The Bertz CT molecular complexity index is 1350. The fraction of sp³-hybridized carbons (Fsp3) is 0.538. The van der Waals surface area contributed by atoms with E-state index in [2.05, 4.69) is 61.2 Å². The number of pyridine rings is 1. The average molecular weight is 464 g/mol. The van der Waals surface area contributed by atoms with Gasteiger partial charge in [0.15, 0.2) is 5.65 Å². The first-order valence-electron chi connectivity index (χ1n) is 12.2. The molecular formula is C26H33N5OS. The molecule has 174 valence electrons. The van der Waals surface area contributed by atoms with E-state index in [1.54, 1.807) is 6.33 Å². The maximum absolute atomic E-state index is 6.45. The number of hydrogen-bond donors (Lipinski definition) is 2. The van der Waals surface area contributed by atoms with Crippen LogP contribution in [0.15, 0.2) is 12.5 Å². The number of thiophene rings is 1. The smallest absolute Gasteiger partial charge is 0.158 e. The van der Waals surface area contributed by atoms with Crippen LogP contribution in [-0.4, -0.2) is 44.9 Å². The van der Waals surface area contributed by atoms with Gasteiger partial charge in [0.25, 0.3) is 0 Å². The fourth-order valence-corrected chi connectivity index (χ4v) is 7.44. The molecular weight excluding hydrogens is 430 g/mol. The number of aromatic nitrogens is 4. The summed E-state index contributed by atoms with van der Waals surface area (Å²) < 4.78 is 8.36. The highest BCUT2D eigenvalue weighted by molar-refractivity contribution is 7.19. The Kier molecular flexibility index (Phi) is 4.94. The lowest BCUT2D eigenvalue weighted by atomic mass is 9.85. The molecule has 2 fully saturated rings. The van der Waals surface area contributed by atoms with Crippen molar-refractivity contribution in [2.24, 2.45) is 0 Å². The van der Waals surface area contributed by atoms with Gasteiger partial charge in [-0.25, -0.2) is 9.50 Å². The number of fused-ring (bicyclic) bond motifs is 2. The third-order valence-electron chi connectivity index (χ3n) is 8.03. The predicted molar refractivity (Wildman–Crippen MR) is 135 cm³/mol. The average Bonchev–Trinajstić information content (AvgIpc) is 3.55. The normalized spacial score (nSPS) is 20.7. The molecule has 0 aliphatic carbocycles. The molecule has 2 N–H and O–H groups in total. The van der Waals surface area contributed by atoms with E-state index in [0.29, 0.717) is 11.8 Å². The van der Waals surface area contributed by atoms with Crippen LogP contribution in [0.3, 0.4) is 0 Å². The van der Waals surface area contributed by atoms with Crippen LogP contribution in [0.1, 0.15) is 72.1 Å². The Morgan fingerprint density at radius 2 is 1.94 bits per heavy atom. The van der Waals surface area contributed by atoms with E-state index in [-0.39, 0.29) is 5.60 Å². The molecule has 0 radical (unpaired) electrons. The number of aromatic amines is 1. The van der Waals surface area contributed by atoms with Gasteiger partial charge in [-0.05, 0) is 81.3 Å². The maximum Gasteiger partial charge on any atom is 0.158 e. The molecule has 0 bridgehead atoms. The molecule has 2 aliphatic rings. The van der Waals surface area contributed by atoms with Crippen molar-refractivity contribution in [1.29, 1.82) is 0 Å². The van der Waals surface area contributed by atoms with E-state index in [9.17, 15) is 0 Å². The molecule has 33 heavy (non-hydrogen) atoms. The number of nitrogens with zero attached hydrogens (tertiary/aromatic N) is 3. The summed E-state index contributed by atoms with van der Waals surface area (Å²) >= 11 is 1.94. The summed E-state index contributed by atoms with van der Waals surface area (Å²) in [5.74, 6) is 0.921. The lowest BCUT2D eigenvalue weighted by molar-refractivity contribution is -0.0192. The molecule has 6 heterocycles. The minimum Gasteiger partial charge on any atom is -0.374 e. The first-order valence-corrected chi connectivity index (χ1v) is 13.0. The third kappa shape index (κ3) is 3.20. The van der Waals surface area contributed by atoms with Crippen LogP contribution < -0.4 is 5.32 Å². The van der Waals surface area contributed by atoms with Gasteiger partial charge in [0.1, 0.15) is 11.2 Å². The van der Waals surface area contributed by atoms with Crippen molar-refractivity contribution in [3.8, 4) is 11.3 Å². The first kappa shape index (κ1) is 21.3. The lowest BCUT2D eigenvalue weighted by Crippen LogP contribution is -2.41. The van der Waals surface area contributed by atoms with Gasteiger partial charge in [0.2, 0.25) is 0 Å². The number of aryl methyl sites for hydroxylation is 2. The van der Waals surface area contributed by atoms with Crippen LogP contribution in [0.2, 0.25) is 0 Å². The van der Waals surface area contributed by atoms with E-state index < -0.39 is 0 Å². The first-order chi connectivity index (χ1) is 15.9. The largest absolute Gasteiger partial charge is 0.374 e. The van der Waals surface area contributed by atoms with Crippen LogP contribution >= 0.6 is 11.3 Å². The highest BCUT2D eigenvalue weighted by atomic mass is 32.1. The van der Waals surface area contributed by atoms with Crippen molar-refractivity contribution in [1.82, 2.24) is 24.9 Å². The van der Waals surface area contributed by atoms with Crippen molar-refractivity contribution in [2.45, 2.75) is 71.3 Å². The summed E-state index contributed by atoms with van der Waals surface area (Å²) in [5, 5.41) is 9.33. The van der Waals surface area contributed by atoms with Gasteiger partial charge in [0.05, 0.1) is 17.9 Å². The molecule has 6 rings (SSSR count). The van der Waals surface area contributed by atoms with Crippen molar-refractivity contribution in [2.75, 3.05) is 19.7 Å². The number of ether oxygens (including phenoxy) is 1. The fourth-order valence-electron chi connectivity index (χ4n) is 6.13. The zero-order valence-corrected chi connectivity index (χ0v) is 21.0. The molecule has 2 saturated heterocycles. The summed E-state index contributed by atoms with van der Waals surface area (Å²) in [6.07, 6.45) is 7.20. The Hall–Kier alpha value is -2.22. The van der Waals surface area contributed by atoms with Crippen LogP contribution in [-0.2, 0) is 4.74 Å². The molecule has 7 heteroatoms. The summed E-state index contributed by atoms with van der Waals surface area (Å²) in [6.45, 7) is 14.3. The number of nitrogens with one attached hydrogen (secondary N) is 2. The van der Waals surface area contributed by atoms with E-state index in [0.717, 1.165) is 44.6 Å². The van der Waals surface area contributed by atoms with Crippen molar-refractivity contribution >= 4 is 27.2 Å².